The van der Waals surface area contributed by atoms with E-state index >= 15 is 0 Å². The Kier molecular flexibility index (Phi) is 1.78. The molecular weight excluding hydrogens is 188 g/mol. The molecule has 1 fully saturated rings. The maximum Gasteiger partial charge on any atom is 0.115 e. The molecule has 0 amide bonds. The Balaban J connectivity index is 1.93. The van der Waals surface area contributed by atoms with Crippen LogP contribution in [0.1, 0.15) is 24.5 Å². The van der Waals surface area contributed by atoms with E-state index in [2.05, 4.69) is 11.2 Å². The van der Waals surface area contributed by atoms with Crippen LogP contribution in [0.25, 0.3) is 5.69 Å². The molecule has 1 aliphatic rings. The third-order valence-electron chi connectivity index (χ3n) is 2.75. The lowest BCUT2D eigenvalue weighted by Crippen LogP contribution is -1.88. The standard InChI is InChI=1S/C12H12N2O/c15-11-5-3-10(4-6-11)14-7-12(13-8-14)9-1-2-9/h3-9,15H,1-2H2. The number of imidazole rings is 1. The van der Waals surface area contributed by atoms with Gasteiger partial charge in [0.25, 0.3) is 0 Å². The Morgan fingerprint density at radius 1 is 1.20 bits per heavy atom. The first-order chi connectivity index (χ1) is 7.33. The molecule has 1 aromatic carbocycles. The summed E-state index contributed by atoms with van der Waals surface area (Å²) < 4.78 is 1.99. The first kappa shape index (κ1) is 8.53. The minimum absolute atomic E-state index is 0.293. The fourth-order valence-corrected chi connectivity index (χ4v) is 1.69. The number of aromatic hydroxyl groups is 1. The summed E-state index contributed by atoms with van der Waals surface area (Å²) in [6.45, 7) is 0. The quantitative estimate of drug-likeness (QED) is 0.808. The highest BCUT2D eigenvalue weighted by atomic mass is 16.3. The topological polar surface area (TPSA) is 38.0 Å². The largest absolute Gasteiger partial charge is 0.508 e. The lowest BCUT2D eigenvalue weighted by Gasteiger charge is -2.00. The van der Waals surface area contributed by atoms with Crippen molar-refractivity contribution in [3.05, 3.63) is 42.5 Å². The second-order valence-corrected chi connectivity index (χ2v) is 4.00. The molecular formula is C12H12N2O. The van der Waals surface area contributed by atoms with E-state index < -0.39 is 0 Å². The van der Waals surface area contributed by atoms with Crippen LogP contribution in [0, 0.1) is 0 Å². The summed E-state index contributed by atoms with van der Waals surface area (Å²) >= 11 is 0. The summed E-state index contributed by atoms with van der Waals surface area (Å²) in [5, 5.41) is 9.18. The van der Waals surface area contributed by atoms with Gasteiger partial charge in [-0.15, -0.1) is 0 Å². The molecule has 0 bridgehead atoms. The summed E-state index contributed by atoms with van der Waals surface area (Å²) in [4.78, 5) is 4.38. The Bertz CT molecular complexity index is 469. The molecule has 1 saturated carbocycles. The molecule has 2 aromatic rings. The molecule has 0 atom stereocenters. The summed E-state index contributed by atoms with van der Waals surface area (Å²) in [6.07, 6.45) is 6.45. The maximum absolute atomic E-state index is 9.18. The van der Waals surface area contributed by atoms with Crippen LogP contribution in [0.4, 0.5) is 0 Å². The molecule has 0 radical (unpaired) electrons. The average Bonchev–Trinajstić information content (AvgIpc) is 2.99. The van der Waals surface area contributed by atoms with Crippen LogP contribution >= 0.6 is 0 Å². The van der Waals surface area contributed by atoms with Crippen molar-refractivity contribution < 1.29 is 5.11 Å². The molecule has 1 heterocycles. The van der Waals surface area contributed by atoms with E-state index in [0.29, 0.717) is 11.7 Å². The number of phenols is 1. The van der Waals surface area contributed by atoms with Gasteiger partial charge in [-0.25, -0.2) is 4.98 Å². The third-order valence-corrected chi connectivity index (χ3v) is 2.75. The summed E-state index contributed by atoms with van der Waals surface area (Å²) in [6, 6.07) is 7.14. The fraction of sp³-hybridized carbons (Fsp3) is 0.250. The highest BCUT2D eigenvalue weighted by molar-refractivity contribution is 5.37. The zero-order valence-corrected chi connectivity index (χ0v) is 8.30. The Morgan fingerprint density at radius 3 is 2.60 bits per heavy atom. The average molecular weight is 200 g/mol. The lowest BCUT2D eigenvalue weighted by molar-refractivity contribution is 0.475. The Hall–Kier alpha value is -1.77. The van der Waals surface area contributed by atoms with Crippen LogP contribution in [0.2, 0.25) is 0 Å². The molecule has 15 heavy (non-hydrogen) atoms. The molecule has 3 rings (SSSR count). The highest BCUT2D eigenvalue weighted by Gasteiger charge is 2.25. The third kappa shape index (κ3) is 1.61. The van der Waals surface area contributed by atoms with Gasteiger partial charge < -0.3 is 9.67 Å². The SMILES string of the molecule is Oc1ccc(-n2cnc(C3CC3)c2)cc1. The zero-order chi connectivity index (χ0) is 10.3. The molecule has 3 heteroatoms. The van der Waals surface area contributed by atoms with Gasteiger partial charge in [0.05, 0.1) is 12.0 Å². The van der Waals surface area contributed by atoms with Crippen molar-refractivity contribution in [1.29, 1.82) is 0 Å². The van der Waals surface area contributed by atoms with Crippen LogP contribution in [0.3, 0.4) is 0 Å². The van der Waals surface area contributed by atoms with Gasteiger partial charge in [0.1, 0.15) is 5.75 Å². The number of phenolic OH excluding ortho intramolecular Hbond substituents is 1. The van der Waals surface area contributed by atoms with E-state index in [9.17, 15) is 5.11 Å². The smallest absolute Gasteiger partial charge is 0.115 e. The van der Waals surface area contributed by atoms with Crippen LogP contribution in [-0.2, 0) is 0 Å². The molecule has 1 aliphatic carbocycles. The maximum atomic E-state index is 9.18. The lowest BCUT2D eigenvalue weighted by atomic mass is 10.3. The Labute approximate surface area is 88.0 Å². The van der Waals surface area contributed by atoms with Gasteiger partial charge in [-0.3, -0.25) is 0 Å². The molecule has 1 N–H and O–H groups in total. The van der Waals surface area contributed by atoms with Crippen LogP contribution in [0.15, 0.2) is 36.8 Å². The van der Waals surface area contributed by atoms with Crippen LogP contribution in [0.5, 0.6) is 5.75 Å². The van der Waals surface area contributed by atoms with Gasteiger partial charge in [-0.2, -0.15) is 0 Å². The van der Waals surface area contributed by atoms with Crippen molar-refractivity contribution in [2.24, 2.45) is 0 Å². The summed E-state index contributed by atoms with van der Waals surface area (Å²) in [7, 11) is 0. The number of nitrogens with zero attached hydrogens (tertiary/aromatic N) is 2. The van der Waals surface area contributed by atoms with Crippen molar-refractivity contribution in [2.45, 2.75) is 18.8 Å². The predicted octanol–water partition coefficient (Wildman–Crippen LogP) is 2.46. The van der Waals surface area contributed by atoms with Crippen molar-refractivity contribution in [1.82, 2.24) is 9.55 Å². The van der Waals surface area contributed by atoms with Crippen molar-refractivity contribution >= 4 is 0 Å². The monoisotopic (exact) mass is 200 g/mol. The van der Waals surface area contributed by atoms with E-state index in [1.165, 1.54) is 18.5 Å². The van der Waals surface area contributed by atoms with E-state index in [1.807, 2.05) is 23.0 Å². The highest BCUT2D eigenvalue weighted by Crippen LogP contribution is 2.39. The first-order valence-corrected chi connectivity index (χ1v) is 5.16. The minimum atomic E-state index is 0.293. The van der Waals surface area contributed by atoms with Gasteiger partial charge in [0, 0.05) is 17.8 Å². The van der Waals surface area contributed by atoms with Gasteiger partial charge >= 0.3 is 0 Å². The van der Waals surface area contributed by atoms with Crippen LogP contribution in [-0.4, -0.2) is 14.7 Å². The first-order valence-electron chi connectivity index (χ1n) is 5.16. The normalized spacial score (nSPS) is 15.5. The number of hydrogen-bond donors (Lipinski definition) is 1. The molecule has 0 aliphatic heterocycles. The van der Waals surface area contributed by atoms with Crippen molar-refractivity contribution in [2.75, 3.05) is 0 Å². The molecule has 0 saturated heterocycles. The molecule has 0 spiro atoms. The van der Waals surface area contributed by atoms with E-state index in [0.717, 1.165) is 5.69 Å². The van der Waals surface area contributed by atoms with Gasteiger partial charge in [-0.1, -0.05) is 0 Å². The molecule has 0 unspecified atom stereocenters. The number of benzene rings is 1. The number of aromatic nitrogens is 2. The molecule has 3 nitrogen and oxygen atoms in total. The molecule has 1 aromatic heterocycles. The van der Waals surface area contributed by atoms with Crippen molar-refractivity contribution in [3.8, 4) is 11.4 Å². The van der Waals surface area contributed by atoms with E-state index in [4.69, 9.17) is 0 Å². The van der Waals surface area contributed by atoms with Gasteiger partial charge in [-0.05, 0) is 37.1 Å². The van der Waals surface area contributed by atoms with E-state index in [-0.39, 0.29) is 0 Å². The Morgan fingerprint density at radius 2 is 1.93 bits per heavy atom. The van der Waals surface area contributed by atoms with Crippen molar-refractivity contribution in [3.63, 3.8) is 0 Å². The predicted molar refractivity (Wildman–Crippen MR) is 57.2 cm³/mol. The second kappa shape index (κ2) is 3.12. The number of hydrogen-bond acceptors (Lipinski definition) is 2. The minimum Gasteiger partial charge on any atom is -0.508 e. The summed E-state index contributed by atoms with van der Waals surface area (Å²) in [5.41, 5.74) is 2.22. The van der Waals surface area contributed by atoms with Gasteiger partial charge in [0.15, 0.2) is 0 Å². The number of rotatable bonds is 2. The molecule has 76 valence electrons. The van der Waals surface area contributed by atoms with Gasteiger partial charge in [0.2, 0.25) is 0 Å². The second-order valence-electron chi connectivity index (χ2n) is 4.00. The van der Waals surface area contributed by atoms with E-state index in [1.54, 1.807) is 12.1 Å². The fourth-order valence-electron chi connectivity index (χ4n) is 1.69. The van der Waals surface area contributed by atoms with Crippen LogP contribution < -0.4 is 0 Å². The zero-order valence-electron chi connectivity index (χ0n) is 8.30. The summed E-state index contributed by atoms with van der Waals surface area (Å²) in [5.74, 6) is 0.977.